The van der Waals surface area contributed by atoms with Gasteiger partial charge in [-0.1, -0.05) is 13.8 Å². The van der Waals surface area contributed by atoms with E-state index in [9.17, 15) is 8.42 Å². The van der Waals surface area contributed by atoms with E-state index in [0.29, 0.717) is 23.0 Å². The van der Waals surface area contributed by atoms with E-state index < -0.39 is 9.84 Å². The first kappa shape index (κ1) is 17.3. The monoisotopic (exact) mass is 315 g/mol. The topological polar surface area (TPSA) is 46.2 Å². The highest BCUT2D eigenvalue weighted by Gasteiger charge is 2.36. The molecular formula is C17H33NO2S. The molecule has 2 rings (SSSR count). The summed E-state index contributed by atoms with van der Waals surface area (Å²) in [6.45, 7) is 9.36. The number of sulfone groups is 1. The molecule has 0 aromatic heterocycles. The van der Waals surface area contributed by atoms with Crippen molar-refractivity contribution in [2.75, 3.05) is 12.3 Å². The van der Waals surface area contributed by atoms with Gasteiger partial charge in [-0.2, -0.15) is 0 Å². The summed E-state index contributed by atoms with van der Waals surface area (Å²) in [5, 5.41) is 3.42. The predicted octanol–water partition coefficient (Wildman–Crippen LogP) is 3.39. The Balaban J connectivity index is 1.92. The van der Waals surface area contributed by atoms with Crippen molar-refractivity contribution in [2.45, 2.75) is 77.5 Å². The summed E-state index contributed by atoms with van der Waals surface area (Å²) in [4.78, 5) is 0. The van der Waals surface area contributed by atoms with Crippen LogP contribution in [0.4, 0.5) is 0 Å². The van der Waals surface area contributed by atoms with Crippen LogP contribution >= 0.6 is 0 Å². The third-order valence-electron chi connectivity index (χ3n) is 5.41. The van der Waals surface area contributed by atoms with Crippen molar-refractivity contribution in [1.29, 1.82) is 0 Å². The van der Waals surface area contributed by atoms with Gasteiger partial charge in [-0.05, 0) is 76.2 Å². The molecule has 2 fully saturated rings. The lowest BCUT2D eigenvalue weighted by Gasteiger charge is -2.41. The summed E-state index contributed by atoms with van der Waals surface area (Å²) in [6.07, 6.45) is 7.20. The van der Waals surface area contributed by atoms with Gasteiger partial charge in [0.15, 0.2) is 9.84 Å². The normalized spacial score (nSPS) is 29.8. The Bertz CT molecular complexity index is 436. The van der Waals surface area contributed by atoms with Crippen LogP contribution in [-0.4, -0.2) is 32.0 Å². The summed E-state index contributed by atoms with van der Waals surface area (Å²) >= 11 is 0. The van der Waals surface area contributed by atoms with Crippen LogP contribution < -0.4 is 5.32 Å². The van der Waals surface area contributed by atoms with Crippen molar-refractivity contribution >= 4 is 9.84 Å². The SMILES string of the molecule is CC(C)S(=O)(=O)CCC1CC(C)(C)CCC1CNC1CC1. The molecule has 2 saturated carbocycles. The fraction of sp³-hybridized carbons (Fsp3) is 1.00. The number of nitrogens with one attached hydrogen (secondary N) is 1. The minimum atomic E-state index is -2.90. The molecule has 0 radical (unpaired) electrons. The summed E-state index contributed by atoms with van der Waals surface area (Å²) in [7, 11) is -2.90. The second kappa shape index (κ2) is 6.57. The van der Waals surface area contributed by atoms with Crippen molar-refractivity contribution in [1.82, 2.24) is 5.32 Å². The van der Waals surface area contributed by atoms with E-state index in [4.69, 9.17) is 0 Å². The van der Waals surface area contributed by atoms with Crippen molar-refractivity contribution in [3.05, 3.63) is 0 Å². The van der Waals surface area contributed by atoms with E-state index in [-0.39, 0.29) is 5.25 Å². The highest BCUT2D eigenvalue weighted by molar-refractivity contribution is 7.91. The van der Waals surface area contributed by atoms with E-state index in [1.54, 1.807) is 13.8 Å². The predicted molar refractivity (Wildman–Crippen MR) is 89.2 cm³/mol. The fourth-order valence-corrected chi connectivity index (χ4v) is 4.66. The number of hydrogen-bond donors (Lipinski definition) is 1. The van der Waals surface area contributed by atoms with Gasteiger partial charge < -0.3 is 5.32 Å². The second-order valence-corrected chi connectivity index (χ2v) is 11.0. The Hall–Kier alpha value is -0.0900. The van der Waals surface area contributed by atoms with Gasteiger partial charge in [-0.15, -0.1) is 0 Å². The average Bonchev–Trinajstić information content (AvgIpc) is 3.18. The van der Waals surface area contributed by atoms with Crippen LogP contribution in [0.25, 0.3) is 0 Å². The molecule has 1 N–H and O–H groups in total. The van der Waals surface area contributed by atoms with Gasteiger partial charge in [0, 0.05) is 6.04 Å². The van der Waals surface area contributed by atoms with E-state index in [2.05, 4.69) is 19.2 Å². The van der Waals surface area contributed by atoms with E-state index in [1.807, 2.05) is 0 Å². The lowest BCUT2D eigenvalue weighted by Crippen LogP contribution is -2.37. The first-order valence-electron chi connectivity index (χ1n) is 8.64. The molecule has 2 aliphatic rings. The van der Waals surface area contributed by atoms with Crippen LogP contribution in [0.3, 0.4) is 0 Å². The van der Waals surface area contributed by atoms with Crippen LogP contribution in [0.2, 0.25) is 0 Å². The molecular weight excluding hydrogens is 282 g/mol. The molecule has 2 unspecified atom stereocenters. The van der Waals surface area contributed by atoms with Crippen molar-refractivity contribution in [3.8, 4) is 0 Å². The van der Waals surface area contributed by atoms with Crippen LogP contribution in [0.15, 0.2) is 0 Å². The summed E-state index contributed by atoms with van der Waals surface area (Å²) < 4.78 is 24.2. The Morgan fingerprint density at radius 2 is 1.81 bits per heavy atom. The standard InChI is InChI=1S/C17H33NO2S/c1-13(2)21(19,20)10-8-14-11-17(3,4)9-7-15(14)12-18-16-5-6-16/h13-16,18H,5-12H2,1-4H3. The molecule has 0 aromatic rings. The molecule has 0 aromatic carbocycles. The maximum Gasteiger partial charge on any atom is 0.152 e. The van der Waals surface area contributed by atoms with Gasteiger partial charge >= 0.3 is 0 Å². The Kier molecular flexibility index (Phi) is 5.40. The maximum absolute atomic E-state index is 12.1. The quantitative estimate of drug-likeness (QED) is 0.783. The molecule has 124 valence electrons. The fourth-order valence-electron chi connectivity index (χ4n) is 3.55. The van der Waals surface area contributed by atoms with Crippen LogP contribution in [0, 0.1) is 17.3 Å². The third-order valence-corrected chi connectivity index (χ3v) is 7.65. The van der Waals surface area contributed by atoms with E-state index in [0.717, 1.165) is 19.0 Å². The summed E-state index contributed by atoms with van der Waals surface area (Å²) in [5.41, 5.74) is 0.377. The molecule has 2 atom stereocenters. The van der Waals surface area contributed by atoms with Gasteiger partial charge in [-0.3, -0.25) is 0 Å². The maximum atomic E-state index is 12.1. The largest absolute Gasteiger partial charge is 0.314 e. The molecule has 2 aliphatic carbocycles. The van der Waals surface area contributed by atoms with Crippen molar-refractivity contribution in [3.63, 3.8) is 0 Å². The van der Waals surface area contributed by atoms with Gasteiger partial charge in [0.1, 0.15) is 0 Å². The van der Waals surface area contributed by atoms with Crippen LogP contribution in [0.1, 0.15) is 66.2 Å². The summed E-state index contributed by atoms with van der Waals surface area (Å²) in [5.74, 6) is 1.60. The van der Waals surface area contributed by atoms with Gasteiger partial charge in [0.05, 0.1) is 11.0 Å². The molecule has 3 nitrogen and oxygen atoms in total. The van der Waals surface area contributed by atoms with E-state index in [1.165, 1.54) is 32.1 Å². The zero-order valence-corrected chi connectivity index (χ0v) is 15.0. The van der Waals surface area contributed by atoms with Crippen molar-refractivity contribution < 1.29 is 8.42 Å². The first-order chi connectivity index (χ1) is 9.70. The highest BCUT2D eigenvalue weighted by atomic mass is 32.2. The van der Waals surface area contributed by atoms with Gasteiger partial charge in [-0.25, -0.2) is 8.42 Å². The Morgan fingerprint density at radius 3 is 2.38 bits per heavy atom. The number of hydrogen-bond acceptors (Lipinski definition) is 3. The molecule has 0 amide bonds. The average molecular weight is 316 g/mol. The minimum absolute atomic E-state index is 0.239. The summed E-state index contributed by atoms with van der Waals surface area (Å²) in [6, 6.07) is 0.750. The van der Waals surface area contributed by atoms with Crippen LogP contribution in [-0.2, 0) is 9.84 Å². The van der Waals surface area contributed by atoms with Crippen LogP contribution in [0.5, 0.6) is 0 Å². The van der Waals surface area contributed by atoms with Crippen molar-refractivity contribution in [2.24, 2.45) is 17.3 Å². The second-order valence-electron chi connectivity index (χ2n) is 8.31. The third kappa shape index (κ3) is 5.24. The lowest BCUT2D eigenvalue weighted by atomic mass is 9.66. The molecule has 0 bridgehead atoms. The Morgan fingerprint density at radius 1 is 1.14 bits per heavy atom. The molecule has 21 heavy (non-hydrogen) atoms. The van der Waals surface area contributed by atoms with Gasteiger partial charge in [0.25, 0.3) is 0 Å². The smallest absolute Gasteiger partial charge is 0.152 e. The molecule has 0 aliphatic heterocycles. The zero-order valence-electron chi connectivity index (χ0n) is 14.2. The molecule has 0 spiro atoms. The first-order valence-corrected chi connectivity index (χ1v) is 10.4. The molecule has 0 heterocycles. The Labute approximate surface area is 131 Å². The van der Waals surface area contributed by atoms with E-state index >= 15 is 0 Å². The minimum Gasteiger partial charge on any atom is -0.314 e. The lowest BCUT2D eigenvalue weighted by molar-refractivity contribution is 0.113. The highest BCUT2D eigenvalue weighted by Crippen LogP contribution is 2.43. The zero-order chi connectivity index (χ0) is 15.7. The molecule has 0 saturated heterocycles. The van der Waals surface area contributed by atoms with Gasteiger partial charge in [0.2, 0.25) is 0 Å². The molecule has 4 heteroatoms. The number of rotatable bonds is 7.